The van der Waals surface area contributed by atoms with E-state index >= 15 is 0 Å². The molecule has 0 radical (unpaired) electrons. The van der Waals surface area contributed by atoms with E-state index in [0.717, 1.165) is 40.7 Å². The van der Waals surface area contributed by atoms with Gasteiger partial charge in [0, 0.05) is 35.6 Å². The van der Waals surface area contributed by atoms with Crippen molar-refractivity contribution in [3.63, 3.8) is 0 Å². The number of rotatable bonds is 8. The monoisotopic (exact) mass is 491 g/mol. The first-order valence-electron chi connectivity index (χ1n) is 12.5. The highest BCUT2D eigenvalue weighted by atomic mass is 19.1. The summed E-state index contributed by atoms with van der Waals surface area (Å²) in [6.07, 6.45) is 9.65. The van der Waals surface area contributed by atoms with E-state index in [4.69, 9.17) is 14.5 Å². The Morgan fingerprint density at radius 1 is 1.19 bits per heavy atom. The van der Waals surface area contributed by atoms with Crippen molar-refractivity contribution in [1.29, 1.82) is 0 Å². The van der Waals surface area contributed by atoms with Crippen molar-refractivity contribution in [2.75, 3.05) is 26.1 Å². The topological polar surface area (TPSA) is 72.8 Å². The van der Waals surface area contributed by atoms with Crippen molar-refractivity contribution < 1.29 is 18.7 Å². The summed E-state index contributed by atoms with van der Waals surface area (Å²) < 4.78 is 25.0. The molecule has 1 saturated carbocycles. The van der Waals surface area contributed by atoms with Gasteiger partial charge in [-0.05, 0) is 67.8 Å². The molecule has 1 unspecified atom stereocenters. The molecule has 6 nitrogen and oxygen atoms in total. The van der Waals surface area contributed by atoms with Gasteiger partial charge in [-0.15, -0.1) is 0 Å². The van der Waals surface area contributed by atoms with Crippen LogP contribution in [0.1, 0.15) is 56.1 Å². The maximum Gasteiger partial charge on any atom is 0.315 e. The fraction of sp³-hybridized carbons (Fsp3) is 0.414. The minimum Gasteiger partial charge on any atom is -0.496 e. The van der Waals surface area contributed by atoms with Gasteiger partial charge < -0.3 is 14.8 Å². The zero-order chi connectivity index (χ0) is 25.7. The van der Waals surface area contributed by atoms with E-state index in [9.17, 15) is 9.18 Å². The molecular formula is C29H34FN3O3. The molecule has 1 aliphatic rings. The van der Waals surface area contributed by atoms with Crippen LogP contribution < -0.4 is 10.1 Å². The zero-order valence-corrected chi connectivity index (χ0v) is 21.4. The molecule has 1 heterocycles. The molecule has 36 heavy (non-hydrogen) atoms. The second-order valence-corrected chi connectivity index (χ2v) is 9.45. The first-order valence-corrected chi connectivity index (χ1v) is 12.5. The number of fused-ring (bicyclic) bond motifs is 1. The fourth-order valence-corrected chi connectivity index (χ4v) is 4.99. The van der Waals surface area contributed by atoms with Crippen molar-refractivity contribution >= 4 is 33.8 Å². The van der Waals surface area contributed by atoms with E-state index in [0.29, 0.717) is 22.8 Å². The molecule has 0 spiro atoms. The van der Waals surface area contributed by atoms with E-state index in [1.807, 2.05) is 24.4 Å². The van der Waals surface area contributed by atoms with E-state index in [2.05, 4.69) is 17.2 Å². The lowest BCUT2D eigenvalue weighted by molar-refractivity contribution is -0.142. The van der Waals surface area contributed by atoms with Gasteiger partial charge in [-0.2, -0.15) is 0 Å². The number of carbonyl (C=O) groups is 1. The first kappa shape index (κ1) is 25.6. The van der Waals surface area contributed by atoms with E-state index in [1.54, 1.807) is 19.2 Å². The predicted octanol–water partition coefficient (Wildman–Crippen LogP) is 6.73. The number of hydrogen-bond acceptors (Lipinski definition) is 6. The lowest BCUT2D eigenvalue weighted by Crippen LogP contribution is -2.23. The number of nitrogens with zero attached hydrogens (tertiary/aromatic N) is 2. The fourth-order valence-electron chi connectivity index (χ4n) is 4.99. The molecule has 0 amide bonds. The lowest BCUT2D eigenvalue weighted by Gasteiger charge is -2.23. The number of anilines is 1. The molecule has 1 N–H and O–H groups in total. The van der Waals surface area contributed by atoms with E-state index < -0.39 is 17.7 Å². The Morgan fingerprint density at radius 2 is 1.97 bits per heavy atom. The number of esters is 1. The van der Waals surface area contributed by atoms with Crippen LogP contribution >= 0.6 is 0 Å². The molecule has 1 atom stereocenters. The van der Waals surface area contributed by atoms with Crippen LogP contribution in [-0.4, -0.2) is 37.4 Å². The summed E-state index contributed by atoms with van der Waals surface area (Å²) in [6.45, 7) is 3.95. The van der Waals surface area contributed by atoms with E-state index in [1.165, 1.54) is 39.5 Å². The molecule has 0 bridgehead atoms. The number of halogens is 1. The Bertz CT molecular complexity index is 1270. The summed E-state index contributed by atoms with van der Waals surface area (Å²) >= 11 is 0. The van der Waals surface area contributed by atoms with E-state index in [-0.39, 0.29) is 6.54 Å². The van der Waals surface area contributed by atoms with Crippen LogP contribution in [0, 0.1) is 18.7 Å². The molecule has 4 rings (SSSR count). The molecule has 0 aliphatic heterocycles. The average Bonchev–Trinajstić information content (AvgIpc) is 2.91. The maximum atomic E-state index is 14.5. The number of benzene rings is 2. The number of aromatic nitrogens is 1. The van der Waals surface area contributed by atoms with Gasteiger partial charge >= 0.3 is 5.97 Å². The van der Waals surface area contributed by atoms with Gasteiger partial charge in [-0.25, -0.2) is 4.39 Å². The summed E-state index contributed by atoms with van der Waals surface area (Å²) in [4.78, 5) is 22.2. The van der Waals surface area contributed by atoms with Crippen LogP contribution in [0.4, 0.5) is 15.8 Å². The van der Waals surface area contributed by atoms with Gasteiger partial charge in [0.25, 0.3) is 0 Å². The van der Waals surface area contributed by atoms with Gasteiger partial charge in [0.15, 0.2) is 0 Å². The van der Waals surface area contributed by atoms with Gasteiger partial charge in [-0.3, -0.25) is 14.8 Å². The molecule has 1 aliphatic carbocycles. The number of aliphatic imine (C=N–C) groups is 1. The minimum absolute atomic E-state index is 0.183. The number of carbonyl (C=O) groups excluding carboxylic acids is 1. The zero-order valence-electron chi connectivity index (χ0n) is 21.4. The molecule has 1 aromatic heterocycles. The smallest absolute Gasteiger partial charge is 0.315 e. The average molecular weight is 492 g/mol. The molecule has 190 valence electrons. The quantitative estimate of drug-likeness (QED) is 0.279. The summed E-state index contributed by atoms with van der Waals surface area (Å²) in [6, 6.07) is 8.90. The Hall–Kier alpha value is -3.48. The number of pyridine rings is 1. The normalized spacial score (nSPS) is 15.5. The standard InChI is InChI=1S/C29H34FN3O3/c1-18-14-27(35-3)22(15-25(18)30)24(29(34)36-4)17-32-26-11-10-21-12-13-31-16-23(21)28(26)33-19(2)20-8-6-5-7-9-20/h10-16,20,24,32H,5-9,17H2,1-4H3. The highest BCUT2D eigenvalue weighted by molar-refractivity contribution is 6.01. The number of nitrogens with one attached hydrogen (secondary N) is 1. The second-order valence-electron chi connectivity index (χ2n) is 9.45. The van der Waals surface area contributed by atoms with Crippen LogP contribution in [0.25, 0.3) is 10.8 Å². The summed E-state index contributed by atoms with van der Waals surface area (Å²) in [5.41, 5.74) is 3.58. The molecule has 0 saturated heterocycles. The highest BCUT2D eigenvalue weighted by Gasteiger charge is 2.27. The van der Waals surface area contributed by atoms with Crippen LogP contribution in [0.15, 0.2) is 47.7 Å². The van der Waals surface area contributed by atoms with Gasteiger partial charge in [0.2, 0.25) is 0 Å². The number of aryl methyl sites for hydroxylation is 1. The first-order chi connectivity index (χ1) is 17.4. The van der Waals surface area contributed by atoms with Crippen molar-refractivity contribution in [1.82, 2.24) is 4.98 Å². The molecule has 7 heteroatoms. The van der Waals surface area contributed by atoms with Gasteiger partial charge in [0.05, 0.1) is 25.6 Å². The Balaban J connectivity index is 1.71. The van der Waals surface area contributed by atoms with Crippen LogP contribution in [0.3, 0.4) is 0 Å². The van der Waals surface area contributed by atoms with Crippen LogP contribution in [-0.2, 0) is 9.53 Å². The Morgan fingerprint density at radius 3 is 2.69 bits per heavy atom. The summed E-state index contributed by atoms with van der Waals surface area (Å²) in [7, 11) is 2.84. The third kappa shape index (κ3) is 5.50. The maximum absolute atomic E-state index is 14.5. The number of hydrogen-bond donors (Lipinski definition) is 1. The van der Waals surface area contributed by atoms with Gasteiger partial charge in [0.1, 0.15) is 17.5 Å². The second kappa shape index (κ2) is 11.5. The van der Waals surface area contributed by atoms with Crippen molar-refractivity contribution in [2.45, 2.75) is 51.9 Å². The lowest BCUT2D eigenvalue weighted by atomic mass is 9.86. The summed E-state index contributed by atoms with van der Waals surface area (Å²) in [5, 5.41) is 5.37. The number of methoxy groups -OCH3 is 2. The third-order valence-electron chi connectivity index (χ3n) is 7.15. The third-order valence-corrected chi connectivity index (χ3v) is 7.15. The minimum atomic E-state index is -0.777. The predicted molar refractivity (Wildman–Crippen MR) is 142 cm³/mol. The Kier molecular flexibility index (Phi) is 8.18. The molecule has 2 aromatic carbocycles. The van der Waals surface area contributed by atoms with Gasteiger partial charge in [-0.1, -0.05) is 25.3 Å². The van der Waals surface area contributed by atoms with Crippen molar-refractivity contribution in [3.8, 4) is 5.75 Å². The molecular weight excluding hydrogens is 457 g/mol. The van der Waals surface area contributed by atoms with Crippen molar-refractivity contribution in [3.05, 3.63) is 59.7 Å². The Labute approximate surface area is 211 Å². The van der Waals surface area contributed by atoms with Crippen LogP contribution in [0.2, 0.25) is 0 Å². The molecule has 3 aromatic rings. The van der Waals surface area contributed by atoms with Crippen molar-refractivity contribution in [2.24, 2.45) is 10.9 Å². The summed E-state index contributed by atoms with van der Waals surface area (Å²) in [5.74, 6) is -0.734. The number of ether oxygens (including phenoxy) is 2. The SMILES string of the molecule is COC(=O)C(CNc1ccc2ccncc2c1N=C(C)C1CCCCC1)c1cc(F)c(C)cc1OC. The largest absolute Gasteiger partial charge is 0.496 e. The highest BCUT2D eigenvalue weighted by Crippen LogP contribution is 2.37. The van der Waals surface area contributed by atoms with Crippen LogP contribution in [0.5, 0.6) is 5.75 Å². The molecule has 1 fully saturated rings.